The average Bonchev–Trinajstić information content (AvgIpc) is 3.18. The van der Waals surface area contributed by atoms with Gasteiger partial charge in [-0.3, -0.25) is 10.1 Å². The van der Waals surface area contributed by atoms with Gasteiger partial charge in [-0.2, -0.15) is 0 Å². The van der Waals surface area contributed by atoms with Crippen molar-refractivity contribution in [2.24, 2.45) is 4.99 Å². The Hall–Kier alpha value is -3.64. The molecular formula is C23H17N3O2S. The molecule has 5 nitrogen and oxygen atoms in total. The molecular weight excluding hydrogens is 382 g/mol. The normalized spacial score (nSPS) is 11.1. The molecule has 1 aromatic heterocycles. The third-order valence-corrected chi connectivity index (χ3v) is 5.42. The molecule has 0 amide bonds. The quantitative estimate of drug-likeness (QED) is 0.220. The molecule has 0 fully saturated rings. The Morgan fingerprint density at radius 2 is 1.59 bits per heavy atom. The highest BCUT2D eigenvalue weighted by atomic mass is 32.1. The zero-order valence-corrected chi connectivity index (χ0v) is 16.5. The predicted molar refractivity (Wildman–Crippen MR) is 118 cm³/mol. The monoisotopic (exact) mass is 399 g/mol. The summed E-state index contributed by atoms with van der Waals surface area (Å²) in [5, 5.41) is 11.6. The number of non-ortho nitro benzene ring substituents is 1. The molecule has 0 spiro atoms. The van der Waals surface area contributed by atoms with Gasteiger partial charge in [0.1, 0.15) is 0 Å². The molecule has 0 atom stereocenters. The molecule has 0 aliphatic heterocycles. The Balaban J connectivity index is 1.77. The average molecular weight is 399 g/mol. The lowest BCUT2D eigenvalue weighted by atomic mass is 10.1. The lowest BCUT2D eigenvalue weighted by Crippen LogP contribution is -1.87. The van der Waals surface area contributed by atoms with E-state index in [-0.39, 0.29) is 5.69 Å². The van der Waals surface area contributed by atoms with E-state index in [4.69, 9.17) is 4.98 Å². The van der Waals surface area contributed by atoms with E-state index in [0.29, 0.717) is 5.13 Å². The van der Waals surface area contributed by atoms with Crippen LogP contribution in [0.1, 0.15) is 11.1 Å². The molecule has 0 unspecified atom stereocenters. The summed E-state index contributed by atoms with van der Waals surface area (Å²) in [6.07, 6.45) is 1.79. The van der Waals surface area contributed by atoms with Crippen LogP contribution in [0.25, 0.3) is 21.7 Å². The van der Waals surface area contributed by atoms with Gasteiger partial charge in [0.05, 0.1) is 15.5 Å². The SMILES string of the molecule is Cc1ccc(-c2nc(N=Cc3ccccc3)sc2-c2ccc([N+](=O)[O-])cc2)cc1. The van der Waals surface area contributed by atoms with Crippen molar-refractivity contribution in [1.29, 1.82) is 0 Å². The first-order chi connectivity index (χ1) is 14.1. The summed E-state index contributed by atoms with van der Waals surface area (Å²) >= 11 is 1.47. The van der Waals surface area contributed by atoms with E-state index in [0.717, 1.165) is 27.3 Å². The Morgan fingerprint density at radius 1 is 0.931 bits per heavy atom. The zero-order valence-electron chi connectivity index (χ0n) is 15.6. The van der Waals surface area contributed by atoms with Crippen molar-refractivity contribution in [2.75, 3.05) is 0 Å². The molecule has 0 bridgehead atoms. The van der Waals surface area contributed by atoms with E-state index in [1.54, 1.807) is 18.3 Å². The van der Waals surface area contributed by atoms with Gasteiger partial charge >= 0.3 is 0 Å². The molecule has 0 N–H and O–H groups in total. The second-order valence-corrected chi connectivity index (χ2v) is 7.49. The van der Waals surface area contributed by atoms with Crippen LogP contribution in [-0.2, 0) is 0 Å². The number of nitrogens with zero attached hydrogens (tertiary/aromatic N) is 3. The first-order valence-electron chi connectivity index (χ1n) is 9.02. The number of benzene rings is 3. The third kappa shape index (κ3) is 4.28. The van der Waals surface area contributed by atoms with Crippen LogP contribution in [0.2, 0.25) is 0 Å². The van der Waals surface area contributed by atoms with E-state index in [9.17, 15) is 10.1 Å². The van der Waals surface area contributed by atoms with E-state index in [1.165, 1.54) is 29.0 Å². The molecule has 3 aromatic carbocycles. The third-order valence-electron chi connectivity index (χ3n) is 4.40. The number of aliphatic imine (C=N–C) groups is 1. The first-order valence-corrected chi connectivity index (χ1v) is 9.83. The molecule has 4 rings (SSSR count). The summed E-state index contributed by atoms with van der Waals surface area (Å²) in [6, 6.07) is 24.5. The first kappa shape index (κ1) is 18.7. The van der Waals surface area contributed by atoms with Crippen molar-refractivity contribution in [3.05, 3.63) is 100 Å². The van der Waals surface area contributed by atoms with Crippen molar-refractivity contribution in [3.8, 4) is 21.7 Å². The molecule has 142 valence electrons. The van der Waals surface area contributed by atoms with Crippen LogP contribution in [-0.4, -0.2) is 16.1 Å². The minimum Gasteiger partial charge on any atom is -0.258 e. The second kappa shape index (κ2) is 8.16. The lowest BCUT2D eigenvalue weighted by Gasteiger charge is -2.03. The molecule has 0 aliphatic carbocycles. The number of aromatic nitrogens is 1. The Labute approximate surface area is 172 Å². The molecule has 0 saturated carbocycles. The summed E-state index contributed by atoms with van der Waals surface area (Å²) < 4.78 is 0. The van der Waals surface area contributed by atoms with Gasteiger partial charge in [-0.25, -0.2) is 9.98 Å². The lowest BCUT2D eigenvalue weighted by molar-refractivity contribution is -0.384. The van der Waals surface area contributed by atoms with Gasteiger partial charge in [0.2, 0.25) is 5.13 Å². The van der Waals surface area contributed by atoms with Crippen LogP contribution >= 0.6 is 11.3 Å². The molecule has 29 heavy (non-hydrogen) atoms. The molecule has 4 aromatic rings. The fourth-order valence-electron chi connectivity index (χ4n) is 2.87. The molecule has 0 aliphatic rings. The Morgan fingerprint density at radius 3 is 2.24 bits per heavy atom. The summed E-state index contributed by atoms with van der Waals surface area (Å²) in [6.45, 7) is 2.04. The highest BCUT2D eigenvalue weighted by Gasteiger charge is 2.16. The van der Waals surface area contributed by atoms with E-state index >= 15 is 0 Å². The number of hydrogen-bond donors (Lipinski definition) is 0. The number of aryl methyl sites for hydroxylation is 1. The maximum atomic E-state index is 11.0. The Kier molecular flexibility index (Phi) is 5.27. The highest BCUT2D eigenvalue weighted by molar-refractivity contribution is 7.19. The Bertz CT molecular complexity index is 1170. The molecule has 1 heterocycles. The number of nitro benzene ring substituents is 1. The predicted octanol–water partition coefficient (Wildman–Crippen LogP) is 6.44. The van der Waals surface area contributed by atoms with Gasteiger partial charge in [0.15, 0.2) is 0 Å². The minimum absolute atomic E-state index is 0.0671. The zero-order chi connectivity index (χ0) is 20.2. The number of nitro groups is 1. The van der Waals surface area contributed by atoms with Gasteiger partial charge in [-0.05, 0) is 30.2 Å². The van der Waals surface area contributed by atoms with E-state index < -0.39 is 4.92 Å². The molecule has 0 radical (unpaired) electrons. The summed E-state index contributed by atoms with van der Waals surface area (Å²) in [4.78, 5) is 20.8. The van der Waals surface area contributed by atoms with E-state index in [1.807, 2.05) is 61.5 Å². The minimum atomic E-state index is -0.396. The van der Waals surface area contributed by atoms with Crippen molar-refractivity contribution in [2.45, 2.75) is 6.92 Å². The number of thiazole rings is 1. The van der Waals surface area contributed by atoms with Crippen molar-refractivity contribution < 1.29 is 4.92 Å². The summed E-state index contributed by atoms with van der Waals surface area (Å²) in [5.41, 5.74) is 4.92. The fraction of sp³-hybridized carbons (Fsp3) is 0.0435. The van der Waals surface area contributed by atoms with Crippen LogP contribution in [0.4, 0.5) is 10.8 Å². The van der Waals surface area contributed by atoms with Crippen LogP contribution < -0.4 is 0 Å². The van der Waals surface area contributed by atoms with Gasteiger partial charge in [0, 0.05) is 23.9 Å². The van der Waals surface area contributed by atoms with Crippen molar-refractivity contribution in [3.63, 3.8) is 0 Å². The topological polar surface area (TPSA) is 68.4 Å². The standard InChI is InChI=1S/C23H17N3O2S/c1-16-7-9-18(10-8-16)21-22(19-11-13-20(14-12-19)26(27)28)29-23(25-21)24-15-17-5-3-2-4-6-17/h2-15H,1H3. The maximum Gasteiger partial charge on any atom is 0.269 e. The van der Waals surface area contributed by atoms with E-state index in [2.05, 4.69) is 4.99 Å². The van der Waals surface area contributed by atoms with Gasteiger partial charge < -0.3 is 0 Å². The summed E-state index contributed by atoms with van der Waals surface area (Å²) in [7, 11) is 0. The smallest absolute Gasteiger partial charge is 0.258 e. The largest absolute Gasteiger partial charge is 0.269 e. The van der Waals surface area contributed by atoms with Gasteiger partial charge in [-0.15, -0.1) is 0 Å². The number of hydrogen-bond acceptors (Lipinski definition) is 5. The van der Waals surface area contributed by atoms with Crippen LogP contribution in [0, 0.1) is 17.0 Å². The fourth-order valence-corrected chi connectivity index (χ4v) is 3.81. The van der Waals surface area contributed by atoms with Crippen LogP contribution in [0.5, 0.6) is 0 Å². The van der Waals surface area contributed by atoms with Gasteiger partial charge in [0.25, 0.3) is 5.69 Å². The molecule has 0 saturated heterocycles. The highest BCUT2D eigenvalue weighted by Crippen LogP contribution is 2.40. The maximum absolute atomic E-state index is 11.0. The second-order valence-electron chi connectivity index (χ2n) is 6.51. The summed E-state index contributed by atoms with van der Waals surface area (Å²) in [5.74, 6) is 0. The van der Waals surface area contributed by atoms with Crippen LogP contribution in [0.15, 0.2) is 83.9 Å². The van der Waals surface area contributed by atoms with Crippen LogP contribution in [0.3, 0.4) is 0 Å². The molecule has 6 heteroatoms. The number of rotatable bonds is 5. The van der Waals surface area contributed by atoms with Gasteiger partial charge in [-0.1, -0.05) is 71.5 Å². The van der Waals surface area contributed by atoms with Crippen molar-refractivity contribution in [1.82, 2.24) is 4.98 Å². The van der Waals surface area contributed by atoms with Crippen molar-refractivity contribution >= 4 is 28.4 Å².